The second kappa shape index (κ2) is 5.86. The van der Waals surface area contributed by atoms with Crippen LogP contribution in [0.2, 0.25) is 0 Å². The van der Waals surface area contributed by atoms with Crippen molar-refractivity contribution in [3.05, 3.63) is 28.2 Å². The van der Waals surface area contributed by atoms with Crippen molar-refractivity contribution in [1.82, 2.24) is 9.21 Å². The predicted octanol–water partition coefficient (Wildman–Crippen LogP) is 2.40. The van der Waals surface area contributed by atoms with Crippen molar-refractivity contribution < 1.29 is 21.6 Å². The van der Waals surface area contributed by atoms with E-state index >= 15 is 0 Å². The van der Waals surface area contributed by atoms with Crippen LogP contribution in [-0.4, -0.2) is 50.8 Å². The summed E-state index contributed by atoms with van der Waals surface area (Å²) in [5.74, 6) is 0. The molecule has 0 aliphatic carbocycles. The van der Waals surface area contributed by atoms with Gasteiger partial charge in [0.1, 0.15) is 0 Å². The number of sulfonamides is 1. The molecule has 1 aromatic rings. The minimum absolute atomic E-state index is 0.134. The van der Waals surface area contributed by atoms with Crippen LogP contribution < -0.4 is 0 Å². The van der Waals surface area contributed by atoms with Crippen LogP contribution in [0.1, 0.15) is 5.56 Å². The second-order valence-electron chi connectivity index (χ2n) is 4.85. The SMILES string of the molecule is CN1CCN(S(=O)(=O)c2cc(C(F)(F)F)ccc2Br)CC1. The number of nitrogens with zero attached hydrogens (tertiary/aromatic N) is 2. The van der Waals surface area contributed by atoms with Crippen molar-refractivity contribution in [1.29, 1.82) is 0 Å². The number of hydrogen-bond donors (Lipinski definition) is 0. The largest absolute Gasteiger partial charge is 0.416 e. The Morgan fingerprint density at radius 1 is 1.14 bits per heavy atom. The molecular weight excluding hydrogens is 373 g/mol. The van der Waals surface area contributed by atoms with Crippen molar-refractivity contribution in [3.8, 4) is 0 Å². The van der Waals surface area contributed by atoms with Gasteiger partial charge in [-0.2, -0.15) is 17.5 Å². The van der Waals surface area contributed by atoms with E-state index < -0.39 is 21.8 Å². The van der Waals surface area contributed by atoms with E-state index in [0.717, 1.165) is 12.1 Å². The third kappa shape index (κ3) is 3.58. The molecule has 0 aromatic heterocycles. The highest BCUT2D eigenvalue weighted by Gasteiger charge is 2.34. The highest BCUT2D eigenvalue weighted by Crippen LogP contribution is 2.34. The maximum Gasteiger partial charge on any atom is 0.416 e. The van der Waals surface area contributed by atoms with Crippen molar-refractivity contribution in [2.75, 3.05) is 33.2 Å². The van der Waals surface area contributed by atoms with Gasteiger partial charge in [0, 0.05) is 30.7 Å². The molecule has 0 radical (unpaired) electrons. The lowest BCUT2D eigenvalue weighted by Crippen LogP contribution is -2.47. The molecule has 2 rings (SSSR count). The van der Waals surface area contributed by atoms with Gasteiger partial charge >= 0.3 is 6.18 Å². The number of halogens is 4. The minimum Gasteiger partial charge on any atom is -0.304 e. The molecule has 1 aromatic carbocycles. The van der Waals surface area contributed by atoms with Gasteiger partial charge in [-0.05, 0) is 41.2 Å². The molecule has 0 unspecified atom stereocenters. The lowest BCUT2D eigenvalue weighted by atomic mass is 10.2. The molecule has 1 saturated heterocycles. The van der Waals surface area contributed by atoms with Crippen LogP contribution >= 0.6 is 15.9 Å². The van der Waals surface area contributed by atoms with Gasteiger partial charge in [-0.1, -0.05) is 0 Å². The molecule has 1 aliphatic heterocycles. The zero-order valence-electron chi connectivity index (χ0n) is 11.2. The number of likely N-dealkylation sites (N-methyl/N-ethyl adjacent to an activating group) is 1. The number of piperazine rings is 1. The Labute approximate surface area is 129 Å². The molecule has 1 heterocycles. The molecule has 0 spiro atoms. The van der Waals surface area contributed by atoms with Crippen LogP contribution in [0.4, 0.5) is 13.2 Å². The number of hydrogen-bond acceptors (Lipinski definition) is 3. The summed E-state index contributed by atoms with van der Waals surface area (Å²) < 4.78 is 64.6. The van der Waals surface area contributed by atoms with Crippen molar-refractivity contribution in [2.45, 2.75) is 11.1 Å². The maximum absolute atomic E-state index is 12.8. The summed E-state index contributed by atoms with van der Waals surface area (Å²) in [7, 11) is -2.07. The van der Waals surface area contributed by atoms with Gasteiger partial charge in [0.05, 0.1) is 10.5 Å². The van der Waals surface area contributed by atoms with E-state index in [1.54, 1.807) is 0 Å². The van der Waals surface area contributed by atoms with Crippen molar-refractivity contribution in [2.24, 2.45) is 0 Å². The summed E-state index contributed by atoms with van der Waals surface area (Å²) in [6.07, 6.45) is -4.58. The molecule has 0 saturated carbocycles. The van der Waals surface area contributed by atoms with Gasteiger partial charge in [0.25, 0.3) is 0 Å². The van der Waals surface area contributed by atoms with E-state index in [4.69, 9.17) is 0 Å². The molecule has 1 fully saturated rings. The zero-order chi connectivity index (χ0) is 15.8. The summed E-state index contributed by atoms with van der Waals surface area (Å²) in [5.41, 5.74) is -0.974. The van der Waals surface area contributed by atoms with E-state index in [1.807, 2.05) is 11.9 Å². The van der Waals surface area contributed by atoms with Crippen LogP contribution in [0.3, 0.4) is 0 Å². The van der Waals surface area contributed by atoms with E-state index in [-0.39, 0.29) is 22.5 Å². The second-order valence-corrected chi connectivity index (χ2v) is 7.61. The average molecular weight is 387 g/mol. The quantitative estimate of drug-likeness (QED) is 0.783. The van der Waals surface area contributed by atoms with E-state index in [0.29, 0.717) is 19.2 Å². The monoisotopic (exact) mass is 386 g/mol. The van der Waals surface area contributed by atoms with Gasteiger partial charge in [0.15, 0.2) is 0 Å². The average Bonchev–Trinajstić information content (AvgIpc) is 2.38. The Morgan fingerprint density at radius 3 is 2.24 bits per heavy atom. The highest BCUT2D eigenvalue weighted by molar-refractivity contribution is 9.10. The standard InChI is InChI=1S/C12H14BrF3N2O2S/c1-17-4-6-18(7-5-17)21(19,20)11-8-9(12(14,15)16)2-3-10(11)13/h2-3,8H,4-7H2,1H3. The molecule has 118 valence electrons. The van der Waals surface area contributed by atoms with Crippen LogP contribution in [0.5, 0.6) is 0 Å². The van der Waals surface area contributed by atoms with Crippen molar-refractivity contribution >= 4 is 26.0 Å². The lowest BCUT2D eigenvalue weighted by molar-refractivity contribution is -0.137. The first kappa shape index (κ1) is 16.7. The fourth-order valence-corrected chi connectivity index (χ4v) is 4.42. The van der Waals surface area contributed by atoms with Crippen LogP contribution in [0.15, 0.2) is 27.6 Å². The van der Waals surface area contributed by atoms with Gasteiger partial charge in [-0.25, -0.2) is 8.42 Å². The van der Waals surface area contributed by atoms with E-state index in [9.17, 15) is 21.6 Å². The van der Waals surface area contributed by atoms with Crippen molar-refractivity contribution in [3.63, 3.8) is 0 Å². The topological polar surface area (TPSA) is 40.6 Å². The Balaban J connectivity index is 2.40. The fraction of sp³-hybridized carbons (Fsp3) is 0.500. The van der Waals surface area contributed by atoms with Gasteiger partial charge in [-0.15, -0.1) is 0 Å². The predicted molar refractivity (Wildman–Crippen MR) is 75.4 cm³/mol. The smallest absolute Gasteiger partial charge is 0.304 e. The molecule has 0 atom stereocenters. The Morgan fingerprint density at radius 2 is 1.71 bits per heavy atom. The normalized spacial score (nSPS) is 18.9. The highest BCUT2D eigenvalue weighted by atomic mass is 79.9. The molecule has 0 N–H and O–H groups in total. The van der Waals surface area contributed by atoms with Crippen LogP contribution in [0, 0.1) is 0 Å². The Hall–Kier alpha value is -0.640. The maximum atomic E-state index is 12.8. The first-order valence-electron chi connectivity index (χ1n) is 6.18. The summed E-state index contributed by atoms with van der Waals surface area (Å²) in [5, 5.41) is 0. The first-order chi connectivity index (χ1) is 9.62. The molecular formula is C12H14BrF3N2O2S. The molecule has 4 nitrogen and oxygen atoms in total. The molecule has 21 heavy (non-hydrogen) atoms. The lowest BCUT2D eigenvalue weighted by Gasteiger charge is -2.31. The summed E-state index contributed by atoms with van der Waals surface area (Å²) in [6, 6.07) is 2.65. The molecule has 0 bridgehead atoms. The Kier molecular flexibility index (Phi) is 4.67. The number of alkyl halides is 3. The van der Waals surface area contributed by atoms with E-state index in [1.165, 1.54) is 4.31 Å². The summed E-state index contributed by atoms with van der Waals surface area (Å²) >= 11 is 3.03. The van der Waals surface area contributed by atoms with Gasteiger partial charge in [0.2, 0.25) is 10.0 Å². The summed E-state index contributed by atoms with van der Waals surface area (Å²) in [6.45, 7) is 1.63. The molecule has 9 heteroatoms. The number of benzene rings is 1. The summed E-state index contributed by atoms with van der Waals surface area (Å²) in [4.78, 5) is 1.62. The van der Waals surface area contributed by atoms with Gasteiger partial charge in [-0.3, -0.25) is 0 Å². The van der Waals surface area contributed by atoms with E-state index in [2.05, 4.69) is 15.9 Å². The Bertz CT molecular complexity index is 626. The fourth-order valence-electron chi connectivity index (χ4n) is 2.04. The van der Waals surface area contributed by atoms with Crippen LogP contribution in [-0.2, 0) is 16.2 Å². The van der Waals surface area contributed by atoms with Gasteiger partial charge < -0.3 is 4.90 Å². The number of rotatable bonds is 2. The molecule has 0 amide bonds. The zero-order valence-corrected chi connectivity index (χ0v) is 13.6. The molecule has 1 aliphatic rings. The minimum atomic E-state index is -4.58. The third-order valence-corrected chi connectivity index (χ3v) is 6.23. The first-order valence-corrected chi connectivity index (χ1v) is 8.41. The van der Waals surface area contributed by atoms with Crippen LogP contribution in [0.25, 0.3) is 0 Å². The third-order valence-electron chi connectivity index (χ3n) is 3.34.